The number of nitrogens with one attached hydrogen (secondary N) is 2. The first kappa shape index (κ1) is 23.9. The Bertz CT molecular complexity index is 887. The summed E-state index contributed by atoms with van der Waals surface area (Å²) in [4.78, 5) is 40.0. The Hall–Kier alpha value is -2.28. The number of hydrogen-bond donors (Lipinski definition) is 2. The van der Waals surface area contributed by atoms with Crippen molar-refractivity contribution in [2.45, 2.75) is 76.8 Å². The van der Waals surface area contributed by atoms with Gasteiger partial charge in [-0.3, -0.25) is 14.4 Å². The van der Waals surface area contributed by atoms with Crippen LogP contribution < -0.4 is 10.6 Å². The Morgan fingerprint density at radius 3 is 2.39 bits per heavy atom. The number of carbonyl (C=O) groups excluding carboxylic acids is 3. The summed E-state index contributed by atoms with van der Waals surface area (Å²) in [6.07, 6.45) is 7.36. The van der Waals surface area contributed by atoms with E-state index in [1.807, 2.05) is 13.8 Å². The van der Waals surface area contributed by atoms with Gasteiger partial charge in [0.05, 0.1) is 18.2 Å². The van der Waals surface area contributed by atoms with Crippen LogP contribution in [0.1, 0.15) is 80.6 Å². The molecule has 1 aromatic rings. The van der Waals surface area contributed by atoms with E-state index in [-0.39, 0.29) is 35.0 Å². The quantitative estimate of drug-likeness (QED) is 0.596. The summed E-state index contributed by atoms with van der Waals surface area (Å²) in [6.45, 7) is 5.20. The van der Waals surface area contributed by atoms with E-state index in [0.717, 1.165) is 50.5 Å². The highest BCUT2D eigenvalue weighted by Crippen LogP contribution is 2.30. The molecule has 6 nitrogen and oxygen atoms in total. The van der Waals surface area contributed by atoms with Gasteiger partial charge in [-0.1, -0.05) is 39.2 Å². The molecule has 2 aliphatic carbocycles. The Kier molecular flexibility index (Phi) is 7.47. The predicted octanol–water partition coefficient (Wildman–Crippen LogP) is 3.41. The molecular formula is C26H36FN3O3. The van der Waals surface area contributed by atoms with Crippen LogP contribution in [0.5, 0.6) is 0 Å². The third kappa shape index (κ3) is 5.81. The van der Waals surface area contributed by atoms with Crippen molar-refractivity contribution in [3.8, 4) is 0 Å². The van der Waals surface area contributed by atoms with E-state index in [4.69, 9.17) is 0 Å². The van der Waals surface area contributed by atoms with Gasteiger partial charge in [0.15, 0.2) is 5.78 Å². The minimum atomic E-state index is -0.587. The van der Waals surface area contributed by atoms with Gasteiger partial charge in [-0.15, -0.1) is 0 Å². The molecule has 2 amide bonds. The number of likely N-dealkylation sites (tertiary alicyclic amines) is 1. The lowest BCUT2D eigenvalue weighted by Crippen LogP contribution is -2.51. The Balaban J connectivity index is 1.40. The smallest absolute Gasteiger partial charge is 0.254 e. The highest BCUT2D eigenvalue weighted by atomic mass is 19.1. The zero-order valence-electron chi connectivity index (χ0n) is 19.7. The molecule has 0 unspecified atom stereocenters. The van der Waals surface area contributed by atoms with Gasteiger partial charge in [-0.2, -0.15) is 0 Å². The maximum atomic E-state index is 14.6. The van der Waals surface area contributed by atoms with Gasteiger partial charge in [0.2, 0.25) is 5.91 Å². The number of nitrogens with zero attached hydrogens (tertiary/aromatic N) is 1. The molecule has 180 valence electrons. The van der Waals surface area contributed by atoms with Crippen LogP contribution in [-0.4, -0.2) is 54.2 Å². The molecule has 2 N–H and O–H groups in total. The highest BCUT2D eigenvalue weighted by Gasteiger charge is 2.35. The largest absolute Gasteiger partial charge is 0.342 e. The third-order valence-corrected chi connectivity index (χ3v) is 7.34. The first-order chi connectivity index (χ1) is 15.8. The maximum absolute atomic E-state index is 14.6. The van der Waals surface area contributed by atoms with Gasteiger partial charge < -0.3 is 15.5 Å². The van der Waals surface area contributed by atoms with Crippen LogP contribution in [0.15, 0.2) is 18.2 Å². The fourth-order valence-corrected chi connectivity index (χ4v) is 4.96. The van der Waals surface area contributed by atoms with Gasteiger partial charge in [0, 0.05) is 31.0 Å². The number of Topliss-reactive ketones (excluding diaryl/α,β-unsaturated/α-hetero) is 1. The van der Waals surface area contributed by atoms with Crippen LogP contribution in [-0.2, 0) is 9.59 Å². The summed E-state index contributed by atoms with van der Waals surface area (Å²) in [6, 6.07) is 4.53. The first-order valence-electron chi connectivity index (χ1n) is 12.5. The van der Waals surface area contributed by atoms with E-state index >= 15 is 0 Å². The maximum Gasteiger partial charge on any atom is 0.254 e. The van der Waals surface area contributed by atoms with Crippen LogP contribution in [0.25, 0.3) is 0 Å². The lowest BCUT2D eigenvalue weighted by molar-refractivity contribution is -0.134. The monoisotopic (exact) mass is 457 g/mol. The second kappa shape index (κ2) is 10.3. The molecule has 33 heavy (non-hydrogen) atoms. The van der Waals surface area contributed by atoms with E-state index in [2.05, 4.69) is 10.6 Å². The average molecular weight is 458 g/mol. The number of carbonyl (C=O) groups is 3. The molecule has 1 aromatic carbocycles. The molecule has 0 bridgehead atoms. The molecular weight excluding hydrogens is 421 g/mol. The zero-order valence-corrected chi connectivity index (χ0v) is 19.7. The van der Waals surface area contributed by atoms with E-state index in [0.29, 0.717) is 25.7 Å². The van der Waals surface area contributed by atoms with Crippen molar-refractivity contribution in [2.24, 2.45) is 11.8 Å². The summed E-state index contributed by atoms with van der Waals surface area (Å²) in [5.74, 6) is -1.01. The van der Waals surface area contributed by atoms with Gasteiger partial charge in [0.1, 0.15) is 5.82 Å². The van der Waals surface area contributed by atoms with Crippen molar-refractivity contribution >= 4 is 17.6 Å². The van der Waals surface area contributed by atoms with Gasteiger partial charge in [-0.25, -0.2) is 4.39 Å². The van der Waals surface area contributed by atoms with E-state index < -0.39 is 17.8 Å². The Labute approximate surface area is 195 Å². The molecule has 3 fully saturated rings. The molecule has 2 saturated carbocycles. The number of ketones is 1. The van der Waals surface area contributed by atoms with Crippen LogP contribution in [0.2, 0.25) is 0 Å². The van der Waals surface area contributed by atoms with Crippen molar-refractivity contribution in [3.63, 3.8) is 0 Å². The summed E-state index contributed by atoms with van der Waals surface area (Å²) in [5.41, 5.74) is 0.829. The van der Waals surface area contributed by atoms with Crippen LogP contribution >= 0.6 is 0 Å². The molecule has 0 radical (unpaired) electrons. The Morgan fingerprint density at radius 2 is 1.76 bits per heavy atom. The average Bonchev–Trinajstić information content (AvgIpc) is 3.60. The standard InChI is InChI=1S/C26H36FN3O3/c1-16(2)25(32)24(17-6-4-3-5-7-17)29-26(33)21-12-18(8-11-22(21)27)19-14-30(15-19)23(31)13-28-20-9-10-20/h8,11-12,16-17,19-20,24,28H,3-7,9-10,13-15H2,1-2H3,(H,29,33)/t24-/m1/s1. The second-order valence-electron chi connectivity index (χ2n) is 10.3. The SMILES string of the molecule is CC(C)C(=O)[C@H](NC(=O)c1cc(C2CN(C(=O)CNC3CC3)C2)ccc1F)C1CCCCC1. The van der Waals surface area contributed by atoms with Crippen molar-refractivity contribution in [1.29, 1.82) is 0 Å². The number of amides is 2. The van der Waals surface area contributed by atoms with Gasteiger partial charge in [-0.05, 0) is 49.3 Å². The fourth-order valence-electron chi connectivity index (χ4n) is 4.96. The molecule has 0 aromatic heterocycles. The van der Waals surface area contributed by atoms with Crippen molar-refractivity contribution < 1.29 is 18.8 Å². The van der Waals surface area contributed by atoms with Crippen LogP contribution in [0, 0.1) is 17.7 Å². The van der Waals surface area contributed by atoms with E-state index in [9.17, 15) is 18.8 Å². The summed E-state index contributed by atoms with van der Waals surface area (Å²) < 4.78 is 14.6. The number of benzene rings is 1. The second-order valence-corrected chi connectivity index (χ2v) is 10.3. The molecule has 0 spiro atoms. The predicted molar refractivity (Wildman–Crippen MR) is 124 cm³/mol. The normalized spacial score (nSPS) is 20.4. The van der Waals surface area contributed by atoms with Crippen molar-refractivity contribution in [3.05, 3.63) is 35.1 Å². The first-order valence-corrected chi connectivity index (χ1v) is 12.5. The Morgan fingerprint density at radius 1 is 1.06 bits per heavy atom. The molecule has 7 heteroatoms. The molecule has 1 aliphatic heterocycles. The third-order valence-electron chi connectivity index (χ3n) is 7.34. The molecule has 1 saturated heterocycles. The van der Waals surface area contributed by atoms with Crippen molar-refractivity contribution in [2.75, 3.05) is 19.6 Å². The lowest BCUT2D eigenvalue weighted by Gasteiger charge is -2.40. The van der Waals surface area contributed by atoms with Crippen LogP contribution in [0.3, 0.4) is 0 Å². The zero-order chi connectivity index (χ0) is 23.5. The number of hydrogen-bond acceptors (Lipinski definition) is 4. The molecule has 4 rings (SSSR count). The van der Waals surface area contributed by atoms with Crippen molar-refractivity contribution in [1.82, 2.24) is 15.5 Å². The molecule has 3 aliphatic rings. The van der Waals surface area contributed by atoms with Crippen LogP contribution in [0.4, 0.5) is 4.39 Å². The summed E-state index contributed by atoms with van der Waals surface area (Å²) >= 11 is 0. The minimum absolute atomic E-state index is 0.0137. The molecule has 1 atom stereocenters. The summed E-state index contributed by atoms with van der Waals surface area (Å²) in [7, 11) is 0. The van der Waals surface area contributed by atoms with E-state index in [1.165, 1.54) is 6.07 Å². The topological polar surface area (TPSA) is 78.5 Å². The number of rotatable bonds is 9. The fraction of sp³-hybridized carbons (Fsp3) is 0.654. The minimum Gasteiger partial charge on any atom is -0.342 e. The lowest BCUT2D eigenvalue weighted by atomic mass is 9.80. The highest BCUT2D eigenvalue weighted by molar-refractivity contribution is 5.98. The van der Waals surface area contributed by atoms with E-state index in [1.54, 1.807) is 17.0 Å². The summed E-state index contributed by atoms with van der Waals surface area (Å²) in [5, 5.41) is 6.12. The van der Waals surface area contributed by atoms with Gasteiger partial charge >= 0.3 is 0 Å². The molecule has 1 heterocycles. The number of halogens is 1. The van der Waals surface area contributed by atoms with Gasteiger partial charge in [0.25, 0.3) is 5.91 Å².